The number of pyridine rings is 1. The summed E-state index contributed by atoms with van der Waals surface area (Å²) < 4.78 is 64.1. The number of aromatic nitrogens is 1. The van der Waals surface area contributed by atoms with Gasteiger partial charge in [0.2, 0.25) is 0 Å². The molecule has 0 saturated heterocycles. The number of alkyl halides is 5. The molecule has 0 atom stereocenters. The summed E-state index contributed by atoms with van der Waals surface area (Å²) >= 11 is 0. The molecule has 8 heteroatoms. The molecule has 0 fully saturated rings. The van der Waals surface area contributed by atoms with Crippen LogP contribution in [0.1, 0.15) is 17.7 Å². The molecule has 90 valence electrons. The molecule has 0 amide bonds. The molecule has 0 aliphatic carbocycles. The lowest BCUT2D eigenvalue weighted by molar-refractivity contribution is -0.275. The summed E-state index contributed by atoms with van der Waals surface area (Å²) in [6.07, 6.45) is -8.24. The molecule has 0 bridgehead atoms. The van der Waals surface area contributed by atoms with E-state index in [0.29, 0.717) is 0 Å². The van der Waals surface area contributed by atoms with Crippen molar-refractivity contribution in [3.8, 4) is 5.75 Å². The second kappa shape index (κ2) is 4.11. The molecule has 0 unspecified atom stereocenters. The van der Waals surface area contributed by atoms with Gasteiger partial charge in [-0.15, -0.1) is 13.2 Å². The molecule has 0 aromatic carbocycles. The van der Waals surface area contributed by atoms with Crippen molar-refractivity contribution < 1.29 is 26.7 Å². The Bertz CT molecular complexity index is 391. The number of aryl methyl sites for hydroxylation is 1. The average Bonchev–Trinajstić information content (AvgIpc) is 1.96. The summed E-state index contributed by atoms with van der Waals surface area (Å²) in [4.78, 5) is 3.44. The Morgan fingerprint density at radius 2 is 1.94 bits per heavy atom. The zero-order valence-corrected chi connectivity index (χ0v) is 7.98. The Balaban J connectivity index is 3.24. The molecular weight excluding hydrogens is 235 g/mol. The molecule has 0 aliphatic rings. The van der Waals surface area contributed by atoms with Gasteiger partial charge in [-0.2, -0.15) is 0 Å². The maximum atomic E-state index is 12.4. The fraction of sp³-hybridized carbons (Fsp3) is 0.375. The first-order valence-corrected chi connectivity index (χ1v) is 4.01. The van der Waals surface area contributed by atoms with Crippen LogP contribution in [-0.4, -0.2) is 11.3 Å². The van der Waals surface area contributed by atoms with E-state index in [0.717, 1.165) is 6.07 Å². The number of nitrogen functional groups attached to an aromatic ring is 1. The van der Waals surface area contributed by atoms with Crippen molar-refractivity contribution in [2.75, 3.05) is 5.73 Å². The molecular formula is C8H7F5N2O. The van der Waals surface area contributed by atoms with Crippen LogP contribution in [0.2, 0.25) is 0 Å². The van der Waals surface area contributed by atoms with E-state index in [4.69, 9.17) is 5.73 Å². The molecule has 1 aromatic heterocycles. The first kappa shape index (κ1) is 12.5. The maximum Gasteiger partial charge on any atom is 0.573 e. The van der Waals surface area contributed by atoms with E-state index in [1.54, 1.807) is 0 Å². The van der Waals surface area contributed by atoms with Gasteiger partial charge in [-0.25, -0.2) is 13.8 Å². The van der Waals surface area contributed by atoms with Crippen molar-refractivity contribution >= 4 is 5.82 Å². The van der Waals surface area contributed by atoms with Gasteiger partial charge in [0, 0.05) is 11.8 Å². The van der Waals surface area contributed by atoms with Crippen LogP contribution >= 0.6 is 0 Å². The van der Waals surface area contributed by atoms with E-state index < -0.39 is 29.9 Å². The van der Waals surface area contributed by atoms with E-state index in [9.17, 15) is 22.0 Å². The van der Waals surface area contributed by atoms with E-state index in [1.807, 2.05) is 0 Å². The first-order chi connectivity index (χ1) is 7.20. The lowest BCUT2D eigenvalue weighted by Crippen LogP contribution is -2.19. The SMILES string of the molecule is Cc1cc(OC(F)(F)F)c(C(F)F)c(N)n1. The van der Waals surface area contributed by atoms with Crippen molar-refractivity contribution in [2.45, 2.75) is 19.7 Å². The van der Waals surface area contributed by atoms with Gasteiger partial charge in [0.1, 0.15) is 17.1 Å². The van der Waals surface area contributed by atoms with Gasteiger partial charge in [0.25, 0.3) is 6.43 Å². The van der Waals surface area contributed by atoms with Crippen molar-refractivity contribution in [3.05, 3.63) is 17.3 Å². The number of hydrogen-bond donors (Lipinski definition) is 1. The van der Waals surface area contributed by atoms with E-state index in [-0.39, 0.29) is 5.69 Å². The monoisotopic (exact) mass is 242 g/mol. The second-order valence-corrected chi connectivity index (χ2v) is 2.91. The predicted octanol–water partition coefficient (Wildman–Crippen LogP) is 2.81. The van der Waals surface area contributed by atoms with Crippen LogP contribution < -0.4 is 10.5 Å². The summed E-state index contributed by atoms with van der Waals surface area (Å²) in [5, 5.41) is 0. The third kappa shape index (κ3) is 2.94. The van der Waals surface area contributed by atoms with E-state index in [1.165, 1.54) is 6.92 Å². The Kier molecular flexibility index (Phi) is 3.20. The number of rotatable bonds is 2. The minimum absolute atomic E-state index is 0.0566. The number of halogens is 5. The second-order valence-electron chi connectivity index (χ2n) is 2.91. The number of anilines is 1. The number of nitrogens with two attached hydrogens (primary N) is 1. The Hall–Kier alpha value is -1.60. The molecule has 0 spiro atoms. The summed E-state index contributed by atoms with van der Waals surface area (Å²) in [7, 11) is 0. The van der Waals surface area contributed by atoms with Crippen LogP contribution in [0, 0.1) is 6.92 Å². The van der Waals surface area contributed by atoms with Gasteiger partial charge >= 0.3 is 6.36 Å². The topological polar surface area (TPSA) is 48.1 Å². The molecule has 0 aliphatic heterocycles. The minimum atomic E-state index is -5.05. The zero-order chi connectivity index (χ0) is 12.5. The summed E-state index contributed by atoms with van der Waals surface area (Å²) in [5.74, 6) is -1.69. The summed E-state index contributed by atoms with van der Waals surface area (Å²) in [5.41, 5.74) is 4.11. The predicted molar refractivity (Wildman–Crippen MR) is 45.0 cm³/mol. The van der Waals surface area contributed by atoms with Crippen molar-refractivity contribution in [3.63, 3.8) is 0 Å². The van der Waals surface area contributed by atoms with Crippen LogP contribution in [0.3, 0.4) is 0 Å². The van der Waals surface area contributed by atoms with Gasteiger partial charge in [0.15, 0.2) is 0 Å². The van der Waals surface area contributed by atoms with Crippen LogP contribution in [0.15, 0.2) is 6.07 Å². The molecule has 1 aromatic rings. The highest BCUT2D eigenvalue weighted by atomic mass is 19.4. The molecule has 16 heavy (non-hydrogen) atoms. The Labute approximate surface area is 87.0 Å². The Morgan fingerprint density at radius 1 is 1.38 bits per heavy atom. The molecule has 0 saturated carbocycles. The number of hydrogen-bond acceptors (Lipinski definition) is 3. The fourth-order valence-electron chi connectivity index (χ4n) is 1.10. The zero-order valence-electron chi connectivity index (χ0n) is 7.98. The van der Waals surface area contributed by atoms with Crippen LogP contribution in [0.4, 0.5) is 27.8 Å². The molecule has 0 radical (unpaired) electrons. The van der Waals surface area contributed by atoms with E-state index >= 15 is 0 Å². The summed E-state index contributed by atoms with van der Waals surface area (Å²) in [6, 6.07) is 0.755. The van der Waals surface area contributed by atoms with Crippen LogP contribution in [-0.2, 0) is 0 Å². The van der Waals surface area contributed by atoms with Crippen molar-refractivity contribution in [1.29, 1.82) is 0 Å². The largest absolute Gasteiger partial charge is 0.573 e. The van der Waals surface area contributed by atoms with Gasteiger partial charge in [-0.3, -0.25) is 0 Å². The fourth-order valence-corrected chi connectivity index (χ4v) is 1.10. The highest BCUT2D eigenvalue weighted by molar-refractivity contribution is 5.50. The highest BCUT2D eigenvalue weighted by Crippen LogP contribution is 2.36. The lowest BCUT2D eigenvalue weighted by Gasteiger charge is -2.14. The van der Waals surface area contributed by atoms with Crippen molar-refractivity contribution in [1.82, 2.24) is 4.98 Å². The van der Waals surface area contributed by atoms with Gasteiger partial charge in [0.05, 0.1) is 0 Å². The highest BCUT2D eigenvalue weighted by Gasteiger charge is 2.34. The molecule has 1 heterocycles. The number of nitrogens with zero attached hydrogens (tertiary/aromatic N) is 1. The first-order valence-electron chi connectivity index (χ1n) is 4.01. The van der Waals surface area contributed by atoms with E-state index in [2.05, 4.69) is 9.72 Å². The quantitative estimate of drug-likeness (QED) is 0.811. The Morgan fingerprint density at radius 3 is 2.38 bits per heavy atom. The molecule has 1 rings (SSSR count). The third-order valence-electron chi connectivity index (χ3n) is 1.62. The standard InChI is InChI=1S/C8H7F5N2O/c1-3-2-4(16-8(11,12)13)5(6(9)10)7(14)15-3/h2,6H,1H3,(H2,14,15). The normalized spacial score (nSPS) is 11.9. The van der Waals surface area contributed by atoms with Crippen molar-refractivity contribution in [2.24, 2.45) is 0 Å². The number of ether oxygens (including phenoxy) is 1. The smallest absolute Gasteiger partial charge is 0.405 e. The van der Waals surface area contributed by atoms with Gasteiger partial charge < -0.3 is 10.5 Å². The van der Waals surface area contributed by atoms with Crippen LogP contribution in [0.5, 0.6) is 5.75 Å². The third-order valence-corrected chi connectivity index (χ3v) is 1.62. The lowest BCUT2D eigenvalue weighted by atomic mass is 10.2. The molecule has 3 nitrogen and oxygen atoms in total. The van der Waals surface area contributed by atoms with Gasteiger partial charge in [-0.1, -0.05) is 0 Å². The summed E-state index contributed by atoms with van der Waals surface area (Å²) in [6.45, 7) is 1.31. The minimum Gasteiger partial charge on any atom is -0.405 e. The maximum absolute atomic E-state index is 12.4. The van der Waals surface area contributed by atoms with Crippen LogP contribution in [0.25, 0.3) is 0 Å². The molecule has 2 N–H and O–H groups in total. The average molecular weight is 242 g/mol. The van der Waals surface area contributed by atoms with Gasteiger partial charge in [-0.05, 0) is 6.92 Å².